The zero-order chi connectivity index (χ0) is 14.1. The predicted octanol–water partition coefficient (Wildman–Crippen LogP) is 3.55. The van der Waals surface area contributed by atoms with Gasteiger partial charge in [0.25, 0.3) is 0 Å². The van der Waals surface area contributed by atoms with Gasteiger partial charge in [-0.05, 0) is 69.0 Å². The highest BCUT2D eigenvalue weighted by Crippen LogP contribution is 2.32. The van der Waals surface area contributed by atoms with Crippen LogP contribution in [-0.4, -0.2) is 30.1 Å². The fraction of sp³-hybridized carbons (Fsp3) is 0.556. The van der Waals surface area contributed by atoms with Crippen LogP contribution in [-0.2, 0) is 26.3 Å². The summed E-state index contributed by atoms with van der Waals surface area (Å²) in [6, 6.07) is 4.71. The summed E-state index contributed by atoms with van der Waals surface area (Å²) >= 11 is 0. The van der Waals surface area contributed by atoms with Gasteiger partial charge in [-0.25, -0.2) is 0 Å². The predicted molar refractivity (Wildman–Crippen MR) is 86.4 cm³/mol. The van der Waals surface area contributed by atoms with Crippen LogP contribution in [0.15, 0.2) is 18.3 Å². The Morgan fingerprint density at radius 2 is 1.90 bits per heavy atom. The lowest BCUT2D eigenvalue weighted by Gasteiger charge is -2.12. The van der Waals surface area contributed by atoms with Gasteiger partial charge in [0.2, 0.25) is 0 Å². The van der Waals surface area contributed by atoms with E-state index in [9.17, 15) is 0 Å². The zero-order valence-electron chi connectivity index (χ0n) is 13.1. The first-order chi connectivity index (χ1) is 9.66. The summed E-state index contributed by atoms with van der Waals surface area (Å²) in [5.74, 6) is 0. The molecular weight excluding hydrogens is 244 g/mol. The van der Waals surface area contributed by atoms with E-state index in [2.05, 4.69) is 48.9 Å². The fourth-order valence-corrected chi connectivity index (χ4v) is 3.55. The second kappa shape index (κ2) is 5.61. The number of nitrogens with zero attached hydrogens (tertiary/aromatic N) is 2. The molecule has 0 aliphatic heterocycles. The molecule has 20 heavy (non-hydrogen) atoms. The molecule has 1 heterocycles. The SMILES string of the molecule is CN(C)CCc1cn(C)c2ccc3c(c12)CCCCC3. The molecule has 1 aliphatic carbocycles. The molecule has 0 saturated heterocycles. The van der Waals surface area contributed by atoms with Crippen molar-refractivity contribution in [1.82, 2.24) is 9.47 Å². The number of hydrogen-bond acceptors (Lipinski definition) is 1. The molecule has 0 spiro atoms. The average Bonchev–Trinajstić information content (AvgIpc) is 2.62. The molecule has 0 bridgehead atoms. The van der Waals surface area contributed by atoms with Gasteiger partial charge in [-0.15, -0.1) is 0 Å². The number of aryl methyl sites for hydroxylation is 3. The quantitative estimate of drug-likeness (QED) is 0.774. The minimum atomic E-state index is 1.13. The summed E-state index contributed by atoms with van der Waals surface area (Å²) in [6.45, 7) is 1.13. The van der Waals surface area contributed by atoms with Gasteiger partial charge in [-0.2, -0.15) is 0 Å². The first kappa shape index (κ1) is 13.7. The fourth-order valence-electron chi connectivity index (χ4n) is 3.55. The Bertz CT molecular complexity index is 607. The highest BCUT2D eigenvalue weighted by molar-refractivity contribution is 5.88. The Labute approximate surface area is 122 Å². The molecule has 0 saturated carbocycles. The minimum absolute atomic E-state index is 1.13. The molecule has 3 rings (SSSR count). The zero-order valence-corrected chi connectivity index (χ0v) is 13.1. The third-order valence-corrected chi connectivity index (χ3v) is 4.64. The van der Waals surface area contributed by atoms with E-state index < -0.39 is 0 Å². The third-order valence-electron chi connectivity index (χ3n) is 4.64. The van der Waals surface area contributed by atoms with Gasteiger partial charge >= 0.3 is 0 Å². The summed E-state index contributed by atoms with van der Waals surface area (Å²) in [6.07, 6.45) is 10.1. The van der Waals surface area contributed by atoms with Crippen molar-refractivity contribution in [2.45, 2.75) is 38.5 Å². The van der Waals surface area contributed by atoms with Gasteiger partial charge in [-0.3, -0.25) is 0 Å². The molecule has 1 aliphatic rings. The van der Waals surface area contributed by atoms with Gasteiger partial charge < -0.3 is 9.47 Å². The second-order valence-electron chi connectivity index (χ2n) is 6.48. The maximum atomic E-state index is 2.37. The topological polar surface area (TPSA) is 8.17 Å². The lowest BCUT2D eigenvalue weighted by atomic mass is 9.96. The molecule has 108 valence electrons. The van der Waals surface area contributed by atoms with Gasteiger partial charge in [0.05, 0.1) is 0 Å². The number of fused-ring (bicyclic) bond motifs is 3. The Morgan fingerprint density at radius 3 is 2.70 bits per heavy atom. The van der Waals surface area contributed by atoms with E-state index in [1.807, 2.05) is 0 Å². The normalized spacial score (nSPS) is 15.6. The van der Waals surface area contributed by atoms with Crippen LogP contribution in [0.25, 0.3) is 10.9 Å². The van der Waals surface area contributed by atoms with Crippen LogP contribution in [0.5, 0.6) is 0 Å². The minimum Gasteiger partial charge on any atom is -0.350 e. The van der Waals surface area contributed by atoms with Crippen molar-refractivity contribution in [3.63, 3.8) is 0 Å². The maximum absolute atomic E-state index is 2.37. The van der Waals surface area contributed by atoms with Crippen molar-refractivity contribution in [3.05, 3.63) is 35.0 Å². The summed E-state index contributed by atoms with van der Waals surface area (Å²) in [5.41, 5.74) is 6.20. The average molecular weight is 270 g/mol. The molecule has 0 amide bonds. The largest absolute Gasteiger partial charge is 0.350 e. The summed E-state index contributed by atoms with van der Waals surface area (Å²) in [4.78, 5) is 2.28. The van der Waals surface area contributed by atoms with Crippen molar-refractivity contribution in [1.29, 1.82) is 0 Å². The van der Waals surface area contributed by atoms with Crippen molar-refractivity contribution >= 4 is 10.9 Å². The van der Waals surface area contributed by atoms with Crippen LogP contribution in [0.2, 0.25) is 0 Å². The number of rotatable bonds is 3. The Kier molecular flexibility index (Phi) is 3.84. The molecule has 0 N–H and O–H groups in total. The lowest BCUT2D eigenvalue weighted by molar-refractivity contribution is 0.414. The smallest absolute Gasteiger partial charge is 0.0483 e. The van der Waals surface area contributed by atoms with E-state index in [0.717, 1.165) is 13.0 Å². The summed E-state index contributed by atoms with van der Waals surface area (Å²) in [5, 5.41) is 1.56. The molecule has 0 radical (unpaired) electrons. The standard InChI is InChI=1S/C18H26N2/c1-19(2)12-11-15-13-20(3)17-10-9-14-7-5-4-6-8-16(14)18(15)17/h9-10,13H,4-8,11-12H2,1-3H3. The van der Waals surface area contributed by atoms with Crippen molar-refractivity contribution in [3.8, 4) is 0 Å². The molecule has 0 fully saturated rings. The van der Waals surface area contributed by atoms with Crippen LogP contribution >= 0.6 is 0 Å². The lowest BCUT2D eigenvalue weighted by Crippen LogP contribution is -2.15. The van der Waals surface area contributed by atoms with Crippen LogP contribution in [0.1, 0.15) is 36.0 Å². The third kappa shape index (κ3) is 2.49. The molecule has 2 nitrogen and oxygen atoms in total. The molecule has 1 aromatic heterocycles. The number of hydrogen-bond donors (Lipinski definition) is 0. The van der Waals surface area contributed by atoms with Gasteiger partial charge in [0, 0.05) is 30.7 Å². The highest BCUT2D eigenvalue weighted by atomic mass is 15.0. The first-order valence-electron chi connectivity index (χ1n) is 7.90. The first-order valence-corrected chi connectivity index (χ1v) is 7.90. The maximum Gasteiger partial charge on any atom is 0.0483 e. The van der Waals surface area contributed by atoms with E-state index in [1.54, 1.807) is 16.5 Å². The Morgan fingerprint density at radius 1 is 1.10 bits per heavy atom. The highest BCUT2D eigenvalue weighted by Gasteiger charge is 2.16. The van der Waals surface area contributed by atoms with E-state index in [4.69, 9.17) is 0 Å². The number of benzene rings is 1. The molecule has 2 aromatic rings. The Balaban J connectivity index is 2.10. The van der Waals surface area contributed by atoms with E-state index in [0.29, 0.717) is 0 Å². The van der Waals surface area contributed by atoms with Gasteiger partial charge in [0.1, 0.15) is 0 Å². The Hall–Kier alpha value is -1.28. The van der Waals surface area contributed by atoms with Crippen molar-refractivity contribution in [2.24, 2.45) is 7.05 Å². The number of aromatic nitrogens is 1. The van der Waals surface area contributed by atoms with Gasteiger partial charge in [-0.1, -0.05) is 12.5 Å². The van der Waals surface area contributed by atoms with Crippen molar-refractivity contribution in [2.75, 3.05) is 20.6 Å². The van der Waals surface area contributed by atoms with Crippen LogP contribution < -0.4 is 0 Å². The van der Waals surface area contributed by atoms with Gasteiger partial charge in [0.15, 0.2) is 0 Å². The molecule has 0 unspecified atom stereocenters. The van der Waals surface area contributed by atoms with E-state index in [1.165, 1.54) is 43.2 Å². The van der Waals surface area contributed by atoms with Crippen LogP contribution in [0.4, 0.5) is 0 Å². The van der Waals surface area contributed by atoms with E-state index in [-0.39, 0.29) is 0 Å². The number of likely N-dealkylation sites (N-methyl/N-ethyl adjacent to an activating group) is 1. The second-order valence-corrected chi connectivity index (χ2v) is 6.48. The molecular formula is C18H26N2. The monoisotopic (exact) mass is 270 g/mol. The van der Waals surface area contributed by atoms with Crippen molar-refractivity contribution < 1.29 is 0 Å². The van der Waals surface area contributed by atoms with Crippen LogP contribution in [0, 0.1) is 0 Å². The summed E-state index contributed by atoms with van der Waals surface area (Å²) < 4.78 is 2.31. The molecule has 1 aromatic carbocycles. The summed E-state index contributed by atoms with van der Waals surface area (Å²) in [7, 11) is 6.50. The van der Waals surface area contributed by atoms with Crippen LogP contribution in [0.3, 0.4) is 0 Å². The molecule has 2 heteroatoms. The molecule has 0 atom stereocenters. The van der Waals surface area contributed by atoms with E-state index >= 15 is 0 Å².